The first-order chi connectivity index (χ1) is 9.38. The van der Waals surface area contributed by atoms with Gasteiger partial charge in [0.2, 0.25) is 5.91 Å². The number of hydrogen-bond acceptors (Lipinski definition) is 5. The number of esters is 1. The molecule has 1 amide bonds. The first-order valence-corrected chi connectivity index (χ1v) is 6.13. The van der Waals surface area contributed by atoms with Gasteiger partial charge in [-0.1, -0.05) is 0 Å². The van der Waals surface area contributed by atoms with Crippen molar-refractivity contribution in [2.75, 3.05) is 19.5 Å². The van der Waals surface area contributed by atoms with Crippen molar-refractivity contribution >= 4 is 17.6 Å². The Morgan fingerprint density at radius 3 is 2.10 bits per heavy atom. The van der Waals surface area contributed by atoms with Gasteiger partial charge in [-0.05, 0) is 13.8 Å². The van der Waals surface area contributed by atoms with E-state index in [1.807, 2.05) is 0 Å². The zero-order chi connectivity index (χ0) is 15.3. The van der Waals surface area contributed by atoms with Gasteiger partial charge in [0.05, 0.1) is 31.6 Å². The highest BCUT2D eigenvalue weighted by atomic mass is 16.5. The summed E-state index contributed by atoms with van der Waals surface area (Å²) in [6.45, 7) is 4.85. The van der Waals surface area contributed by atoms with Crippen LogP contribution in [-0.4, -0.2) is 32.2 Å². The Morgan fingerprint density at radius 2 is 1.65 bits per heavy atom. The molecular weight excluding hydrogens is 262 g/mol. The molecule has 0 saturated heterocycles. The summed E-state index contributed by atoms with van der Waals surface area (Å²) in [5.74, 6) is -0.0322. The van der Waals surface area contributed by atoms with E-state index in [0.29, 0.717) is 17.2 Å². The van der Waals surface area contributed by atoms with Crippen LogP contribution in [0.15, 0.2) is 12.1 Å². The van der Waals surface area contributed by atoms with E-state index in [4.69, 9.17) is 14.2 Å². The predicted molar refractivity (Wildman–Crippen MR) is 74.4 cm³/mol. The molecule has 110 valence electrons. The van der Waals surface area contributed by atoms with Crippen LogP contribution in [0.1, 0.15) is 31.1 Å². The summed E-state index contributed by atoms with van der Waals surface area (Å²) in [6.07, 6.45) is -0.263. The second-order valence-electron chi connectivity index (χ2n) is 4.39. The van der Waals surface area contributed by atoms with E-state index in [9.17, 15) is 9.59 Å². The summed E-state index contributed by atoms with van der Waals surface area (Å²) in [5, 5.41) is 2.58. The van der Waals surface area contributed by atoms with Gasteiger partial charge < -0.3 is 19.5 Å². The molecule has 1 rings (SSSR count). The maximum absolute atomic E-state index is 12.1. The molecule has 1 N–H and O–H groups in total. The Morgan fingerprint density at radius 1 is 1.10 bits per heavy atom. The Hall–Kier alpha value is -2.24. The summed E-state index contributed by atoms with van der Waals surface area (Å²) < 4.78 is 15.4. The summed E-state index contributed by atoms with van der Waals surface area (Å²) in [5.41, 5.74) is 0.535. The van der Waals surface area contributed by atoms with Crippen LogP contribution in [0.2, 0.25) is 0 Å². The topological polar surface area (TPSA) is 73.9 Å². The fourth-order valence-corrected chi connectivity index (χ4v) is 1.62. The van der Waals surface area contributed by atoms with Crippen LogP contribution in [0.4, 0.5) is 5.69 Å². The van der Waals surface area contributed by atoms with Crippen molar-refractivity contribution in [2.24, 2.45) is 0 Å². The minimum atomic E-state index is -0.537. The van der Waals surface area contributed by atoms with Crippen LogP contribution in [0.25, 0.3) is 0 Å². The monoisotopic (exact) mass is 281 g/mol. The van der Waals surface area contributed by atoms with Gasteiger partial charge in [-0.25, -0.2) is 4.79 Å². The first-order valence-electron chi connectivity index (χ1n) is 6.13. The highest BCUT2D eigenvalue weighted by Gasteiger charge is 2.19. The number of methoxy groups -OCH3 is 2. The second kappa shape index (κ2) is 6.79. The first kappa shape index (κ1) is 15.8. The van der Waals surface area contributed by atoms with E-state index >= 15 is 0 Å². The van der Waals surface area contributed by atoms with E-state index in [0.717, 1.165) is 0 Å². The van der Waals surface area contributed by atoms with Gasteiger partial charge in [0, 0.05) is 19.1 Å². The molecule has 0 bridgehead atoms. The number of anilines is 1. The molecule has 0 aliphatic rings. The minimum Gasteiger partial charge on any atom is -0.493 e. The van der Waals surface area contributed by atoms with Gasteiger partial charge in [-0.2, -0.15) is 0 Å². The lowest BCUT2D eigenvalue weighted by Gasteiger charge is -2.15. The molecule has 1 aromatic carbocycles. The quantitative estimate of drug-likeness (QED) is 0.838. The number of carbonyl (C=O) groups is 2. The van der Waals surface area contributed by atoms with Crippen molar-refractivity contribution in [1.29, 1.82) is 0 Å². The van der Waals surface area contributed by atoms with E-state index in [1.165, 1.54) is 33.3 Å². The van der Waals surface area contributed by atoms with E-state index in [1.54, 1.807) is 13.8 Å². The average molecular weight is 281 g/mol. The van der Waals surface area contributed by atoms with Crippen molar-refractivity contribution in [3.8, 4) is 11.5 Å². The zero-order valence-electron chi connectivity index (χ0n) is 12.3. The summed E-state index contributed by atoms with van der Waals surface area (Å²) in [7, 11) is 2.94. The number of amides is 1. The number of benzene rings is 1. The standard InChI is InChI=1S/C14H19NO5/c1-8(2)20-14(17)10-6-12(18-4)13(19-5)7-11(10)15-9(3)16/h6-8H,1-5H3,(H,15,16). The molecule has 1 aromatic rings. The third-order valence-corrected chi connectivity index (χ3v) is 2.40. The third kappa shape index (κ3) is 3.88. The Kier molecular flexibility index (Phi) is 5.37. The van der Waals surface area contributed by atoms with Gasteiger partial charge >= 0.3 is 5.97 Å². The van der Waals surface area contributed by atoms with Gasteiger partial charge in [-0.3, -0.25) is 4.79 Å². The molecule has 0 aliphatic carbocycles. The van der Waals surface area contributed by atoms with E-state index in [2.05, 4.69) is 5.32 Å². The van der Waals surface area contributed by atoms with Gasteiger partial charge in [0.25, 0.3) is 0 Å². The molecule has 0 saturated carbocycles. The number of carbonyl (C=O) groups excluding carboxylic acids is 2. The number of hydrogen-bond donors (Lipinski definition) is 1. The van der Waals surface area contributed by atoms with Gasteiger partial charge in [-0.15, -0.1) is 0 Å². The van der Waals surface area contributed by atoms with Crippen molar-refractivity contribution in [2.45, 2.75) is 26.9 Å². The normalized spacial score (nSPS) is 10.1. The molecule has 0 atom stereocenters. The lowest BCUT2D eigenvalue weighted by atomic mass is 10.1. The fraction of sp³-hybridized carbons (Fsp3) is 0.429. The van der Waals surface area contributed by atoms with E-state index < -0.39 is 5.97 Å². The SMILES string of the molecule is COc1cc(NC(C)=O)c(C(=O)OC(C)C)cc1OC. The Bertz CT molecular complexity index is 511. The third-order valence-electron chi connectivity index (χ3n) is 2.40. The number of nitrogens with one attached hydrogen (secondary N) is 1. The maximum atomic E-state index is 12.1. The molecule has 0 fully saturated rings. The largest absolute Gasteiger partial charge is 0.493 e. The summed E-state index contributed by atoms with van der Waals surface area (Å²) in [6, 6.07) is 3.01. The molecule has 0 aromatic heterocycles. The predicted octanol–water partition coefficient (Wildman–Crippen LogP) is 2.23. The van der Waals surface area contributed by atoms with Crippen LogP contribution in [-0.2, 0) is 9.53 Å². The fourth-order valence-electron chi connectivity index (χ4n) is 1.62. The summed E-state index contributed by atoms with van der Waals surface area (Å²) >= 11 is 0. The van der Waals surface area contributed by atoms with Crippen molar-refractivity contribution in [1.82, 2.24) is 0 Å². The van der Waals surface area contributed by atoms with E-state index in [-0.39, 0.29) is 17.6 Å². The Labute approximate surface area is 118 Å². The molecule has 0 unspecified atom stereocenters. The van der Waals surface area contributed by atoms with Crippen LogP contribution in [0.5, 0.6) is 11.5 Å². The smallest absolute Gasteiger partial charge is 0.340 e. The number of ether oxygens (including phenoxy) is 3. The van der Waals surface area contributed by atoms with Crippen LogP contribution >= 0.6 is 0 Å². The molecule has 0 radical (unpaired) electrons. The van der Waals surface area contributed by atoms with Crippen molar-refractivity contribution in [3.63, 3.8) is 0 Å². The zero-order valence-corrected chi connectivity index (χ0v) is 12.3. The van der Waals surface area contributed by atoms with Crippen LogP contribution in [0.3, 0.4) is 0 Å². The van der Waals surface area contributed by atoms with Crippen LogP contribution in [0, 0.1) is 0 Å². The van der Waals surface area contributed by atoms with Crippen molar-refractivity contribution in [3.05, 3.63) is 17.7 Å². The minimum absolute atomic E-state index is 0.214. The maximum Gasteiger partial charge on any atom is 0.340 e. The molecule has 0 aliphatic heterocycles. The van der Waals surface area contributed by atoms with Gasteiger partial charge in [0.1, 0.15) is 0 Å². The molecule has 0 heterocycles. The average Bonchev–Trinajstić information content (AvgIpc) is 2.36. The molecular formula is C14H19NO5. The highest BCUT2D eigenvalue weighted by molar-refractivity contribution is 6.01. The molecule has 6 heteroatoms. The lowest BCUT2D eigenvalue weighted by Crippen LogP contribution is -2.16. The molecule has 0 spiro atoms. The van der Waals surface area contributed by atoms with Crippen molar-refractivity contribution < 1.29 is 23.8 Å². The lowest BCUT2D eigenvalue weighted by molar-refractivity contribution is -0.114. The number of rotatable bonds is 5. The van der Waals surface area contributed by atoms with Gasteiger partial charge in [0.15, 0.2) is 11.5 Å². The Balaban J connectivity index is 3.29. The molecule has 20 heavy (non-hydrogen) atoms. The summed E-state index contributed by atoms with van der Waals surface area (Å²) in [4.78, 5) is 23.3. The highest BCUT2D eigenvalue weighted by Crippen LogP contribution is 2.33. The van der Waals surface area contributed by atoms with Crippen LogP contribution < -0.4 is 14.8 Å². The second-order valence-corrected chi connectivity index (χ2v) is 4.39. The molecule has 6 nitrogen and oxygen atoms in total.